The van der Waals surface area contributed by atoms with Crippen molar-refractivity contribution < 1.29 is 9.53 Å². The second-order valence-corrected chi connectivity index (χ2v) is 3.72. The van der Waals surface area contributed by atoms with E-state index in [0.717, 1.165) is 5.56 Å². The molecule has 0 N–H and O–H groups in total. The number of thioether (sulfide) groups is 1. The van der Waals surface area contributed by atoms with Gasteiger partial charge in [-0.2, -0.15) is 0 Å². The number of carbonyl (C=O) groups excluding carboxylic acids is 1. The minimum absolute atomic E-state index is 0.161. The smallest absolute Gasteiger partial charge is 0.323 e. The van der Waals surface area contributed by atoms with Crippen LogP contribution in [0.5, 0.6) is 0 Å². The lowest BCUT2D eigenvalue weighted by molar-refractivity contribution is -0.142. The Bertz CT molecular complexity index is 285. The van der Waals surface area contributed by atoms with Crippen LogP contribution in [0.3, 0.4) is 0 Å². The molecule has 0 bridgehead atoms. The fourth-order valence-corrected chi connectivity index (χ4v) is 1.90. The van der Waals surface area contributed by atoms with E-state index in [-0.39, 0.29) is 11.2 Å². The molecule has 76 valence electrons. The fraction of sp³-hybridized carbons (Fsp3) is 0.364. The summed E-state index contributed by atoms with van der Waals surface area (Å²) in [6.45, 7) is 2.25. The quantitative estimate of drug-likeness (QED) is 0.715. The van der Waals surface area contributed by atoms with Gasteiger partial charge in [0.1, 0.15) is 5.25 Å². The van der Waals surface area contributed by atoms with Crippen molar-refractivity contribution in [2.24, 2.45) is 0 Å². The highest BCUT2D eigenvalue weighted by atomic mass is 32.2. The molecule has 0 saturated heterocycles. The van der Waals surface area contributed by atoms with Gasteiger partial charge in [-0.1, -0.05) is 30.3 Å². The Hall–Kier alpha value is -0.960. The topological polar surface area (TPSA) is 26.3 Å². The van der Waals surface area contributed by atoms with E-state index in [2.05, 4.69) is 0 Å². The third-order valence-corrected chi connectivity index (χ3v) is 2.77. The van der Waals surface area contributed by atoms with E-state index >= 15 is 0 Å². The molecule has 0 aliphatic heterocycles. The van der Waals surface area contributed by atoms with Crippen LogP contribution < -0.4 is 0 Å². The van der Waals surface area contributed by atoms with Crippen LogP contribution in [0.2, 0.25) is 0 Å². The normalized spacial score (nSPS) is 12.1. The summed E-state index contributed by atoms with van der Waals surface area (Å²) in [5.74, 6) is -0.161. The third-order valence-electron chi connectivity index (χ3n) is 1.84. The summed E-state index contributed by atoms with van der Waals surface area (Å²) in [5, 5.41) is -0.198. The Morgan fingerprint density at radius 2 is 2.07 bits per heavy atom. The van der Waals surface area contributed by atoms with E-state index in [1.54, 1.807) is 0 Å². The molecular weight excluding hydrogens is 196 g/mol. The monoisotopic (exact) mass is 210 g/mol. The van der Waals surface area contributed by atoms with E-state index in [0.29, 0.717) is 6.61 Å². The van der Waals surface area contributed by atoms with Gasteiger partial charge in [0.2, 0.25) is 0 Å². The van der Waals surface area contributed by atoms with Gasteiger partial charge in [-0.05, 0) is 18.7 Å². The standard InChI is InChI=1S/C11H14O2S/c1-3-13-11(12)10(14-2)9-7-5-4-6-8-9/h4-8,10H,3H2,1-2H3. The molecule has 0 saturated carbocycles. The predicted octanol–water partition coefficient (Wildman–Crippen LogP) is 2.65. The zero-order chi connectivity index (χ0) is 10.4. The van der Waals surface area contributed by atoms with Crippen molar-refractivity contribution >= 4 is 17.7 Å². The van der Waals surface area contributed by atoms with Crippen molar-refractivity contribution in [2.75, 3.05) is 12.9 Å². The third kappa shape index (κ3) is 2.77. The van der Waals surface area contributed by atoms with Gasteiger partial charge in [0.25, 0.3) is 0 Å². The highest BCUT2D eigenvalue weighted by molar-refractivity contribution is 7.99. The molecule has 0 fully saturated rings. The van der Waals surface area contributed by atoms with Crippen LogP contribution in [0.15, 0.2) is 30.3 Å². The lowest BCUT2D eigenvalue weighted by Crippen LogP contribution is -2.12. The van der Waals surface area contributed by atoms with Crippen molar-refractivity contribution in [3.05, 3.63) is 35.9 Å². The number of hydrogen-bond donors (Lipinski definition) is 0. The second-order valence-electron chi connectivity index (χ2n) is 2.78. The maximum Gasteiger partial charge on any atom is 0.323 e. The van der Waals surface area contributed by atoms with Crippen molar-refractivity contribution in [1.82, 2.24) is 0 Å². The molecular formula is C11H14O2S. The first kappa shape index (κ1) is 11.1. The summed E-state index contributed by atoms with van der Waals surface area (Å²) < 4.78 is 4.99. The molecule has 1 aromatic rings. The largest absolute Gasteiger partial charge is 0.465 e. The Kier molecular flexibility index (Phi) is 4.53. The molecule has 1 aromatic carbocycles. The number of hydrogen-bond acceptors (Lipinski definition) is 3. The van der Waals surface area contributed by atoms with Crippen LogP contribution >= 0.6 is 11.8 Å². The molecule has 0 heterocycles. The summed E-state index contributed by atoms with van der Waals surface area (Å²) in [6.07, 6.45) is 1.91. The summed E-state index contributed by atoms with van der Waals surface area (Å²) in [7, 11) is 0. The Labute approximate surface area is 88.7 Å². The molecule has 0 aliphatic carbocycles. The average Bonchev–Trinajstić information content (AvgIpc) is 2.21. The van der Waals surface area contributed by atoms with E-state index in [1.165, 1.54) is 11.8 Å². The molecule has 0 spiro atoms. The van der Waals surface area contributed by atoms with Crippen LogP contribution in [0.1, 0.15) is 17.7 Å². The zero-order valence-electron chi connectivity index (χ0n) is 8.40. The van der Waals surface area contributed by atoms with Gasteiger partial charge >= 0.3 is 5.97 Å². The number of esters is 1. The second kappa shape index (κ2) is 5.70. The maximum atomic E-state index is 11.5. The van der Waals surface area contributed by atoms with Crippen molar-refractivity contribution in [2.45, 2.75) is 12.2 Å². The average molecular weight is 210 g/mol. The fourth-order valence-electron chi connectivity index (χ4n) is 1.21. The lowest BCUT2D eigenvalue weighted by Gasteiger charge is -2.12. The highest BCUT2D eigenvalue weighted by Crippen LogP contribution is 2.27. The molecule has 1 unspecified atom stereocenters. The van der Waals surface area contributed by atoms with Crippen molar-refractivity contribution in [3.8, 4) is 0 Å². The summed E-state index contributed by atoms with van der Waals surface area (Å²) >= 11 is 1.50. The minimum atomic E-state index is -0.198. The first-order valence-electron chi connectivity index (χ1n) is 4.54. The molecule has 3 heteroatoms. The van der Waals surface area contributed by atoms with E-state index in [4.69, 9.17) is 4.74 Å². The Morgan fingerprint density at radius 1 is 1.43 bits per heavy atom. The summed E-state index contributed by atoms with van der Waals surface area (Å²) in [4.78, 5) is 11.5. The number of benzene rings is 1. The molecule has 0 aromatic heterocycles. The van der Waals surface area contributed by atoms with Gasteiger partial charge in [-0.15, -0.1) is 11.8 Å². The van der Waals surface area contributed by atoms with Crippen molar-refractivity contribution in [1.29, 1.82) is 0 Å². The van der Waals surface area contributed by atoms with Gasteiger partial charge in [0, 0.05) is 0 Å². The van der Waals surface area contributed by atoms with Crippen LogP contribution in [-0.4, -0.2) is 18.8 Å². The first-order chi connectivity index (χ1) is 6.79. The zero-order valence-corrected chi connectivity index (χ0v) is 9.21. The van der Waals surface area contributed by atoms with Gasteiger partial charge in [-0.3, -0.25) is 4.79 Å². The van der Waals surface area contributed by atoms with Gasteiger partial charge in [0.15, 0.2) is 0 Å². The molecule has 1 rings (SSSR count). The number of ether oxygens (including phenoxy) is 1. The van der Waals surface area contributed by atoms with E-state index in [1.807, 2.05) is 43.5 Å². The molecule has 0 radical (unpaired) electrons. The number of carbonyl (C=O) groups is 1. The van der Waals surface area contributed by atoms with Crippen LogP contribution in [-0.2, 0) is 9.53 Å². The van der Waals surface area contributed by atoms with E-state index in [9.17, 15) is 4.79 Å². The summed E-state index contributed by atoms with van der Waals surface area (Å²) in [6, 6.07) is 9.68. The highest BCUT2D eigenvalue weighted by Gasteiger charge is 2.19. The van der Waals surface area contributed by atoms with Crippen LogP contribution in [0, 0.1) is 0 Å². The number of rotatable bonds is 4. The first-order valence-corrected chi connectivity index (χ1v) is 5.82. The van der Waals surface area contributed by atoms with Gasteiger partial charge in [0.05, 0.1) is 6.61 Å². The van der Waals surface area contributed by atoms with Gasteiger partial charge in [-0.25, -0.2) is 0 Å². The van der Waals surface area contributed by atoms with Gasteiger partial charge < -0.3 is 4.74 Å². The van der Waals surface area contributed by atoms with Crippen LogP contribution in [0.25, 0.3) is 0 Å². The Morgan fingerprint density at radius 3 is 2.57 bits per heavy atom. The molecule has 0 amide bonds. The predicted molar refractivity (Wildman–Crippen MR) is 59.3 cm³/mol. The molecule has 2 nitrogen and oxygen atoms in total. The Balaban J connectivity index is 2.77. The maximum absolute atomic E-state index is 11.5. The van der Waals surface area contributed by atoms with Crippen molar-refractivity contribution in [3.63, 3.8) is 0 Å². The summed E-state index contributed by atoms with van der Waals surface area (Å²) in [5.41, 5.74) is 0.999. The SMILES string of the molecule is CCOC(=O)C(SC)c1ccccc1. The molecule has 0 aliphatic rings. The molecule has 14 heavy (non-hydrogen) atoms. The lowest BCUT2D eigenvalue weighted by atomic mass is 10.1. The minimum Gasteiger partial charge on any atom is -0.465 e. The van der Waals surface area contributed by atoms with Crippen LogP contribution in [0.4, 0.5) is 0 Å². The van der Waals surface area contributed by atoms with E-state index < -0.39 is 0 Å². The molecule has 1 atom stereocenters.